The van der Waals surface area contributed by atoms with Crippen molar-refractivity contribution >= 4 is 21.8 Å². The van der Waals surface area contributed by atoms with Gasteiger partial charge in [-0.25, -0.2) is 12.8 Å². The highest BCUT2D eigenvalue weighted by molar-refractivity contribution is 7.88. The lowest BCUT2D eigenvalue weighted by molar-refractivity contribution is -0.137. The van der Waals surface area contributed by atoms with Crippen molar-refractivity contribution < 1.29 is 27.1 Å². The zero-order chi connectivity index (χ0) is 31.3. The molecule has 44 heavy (non-hydrogen) atoms. The molecule has 0 bridgehead atoms. The van der Waals surface area contributed by atoms with Crippen molar-refractivity contribution in [2.75, 3.05) is 39.5 Å². The van der Waals surface area contributed by atoms with E-state index < -0.39 is 16.1 Å². The summed E-state index contributed by atoms with van der Waals surface area (Å²) in [5.74, 6) is 1.03. The van der Waals surface area contributed by atoms with E-state index in [-0.39, 0.29) is 37.1 Å². The third kappa shape index (κ3) is 8.24. The topological polar surface area (TPSA) is 96.0 Å². The molecule has 3 atom stereocenters. The van der Waals surface area contributed by atoms with Gasteiger partial charge in [0.1, 0.15) is 17.6 Å². The molecule has 0 aromatic heterocycles. The second kappa shape index (κ2) is 13.9. The zero-order valence-electron chi connectivity index (χ0n) is 25.2. The summed E-state index contributed by atoms with van der Waals surface area (Å²) in [6, 6.07) is 21.5. The van der Waals surface area contributed by atoms with Crippen LogP contribution in [0.5, 0.6) is 5.75 Å². The number of methoxy groups -OCH3 is 1. The van der Waals surface area contributed by atoms with E-state index in [9.17, 15) is 22.4 Å². The van der Waals surface area contributed by atoms with Crippen LogP contribution in [0.1, 0.15) is 42.7 Å². The number of halogens is 1. The van der Waals surface area contributed by atoms with E-state index in [1.807, 2.05) is 60.7 Å². The van der Waals surface area contributed by atoms with Crippen molar-refractivity contribution in [2.24, 2.45) is 5.92 Å². The minimum Gasteiger partial charge on any atom is -0.497 e. The number of hydrogen-bond acceptors (Lipinski definition) is 5. The smallest absolute Gasteiger partial charge is 0.245 e. The normalized spacial score (nSPS) is 19.3. The lowest BCUT2D eigenvalue weighted by Crippen LogP contribution is -2.55. The zero-order valence-corrected chi connectivity index (χ0v) is 26.1. The van der Waals surface area contributed by atoms with E-state index in [1.54, 1.807) is 12.0 Å². The van der Waals surface area contributed by atoms with Gasteiger partial charge in [0.2, 0.25) is 21.8 Å². The van der Waals surface area contributed by atoms with Crippen LogP contribution in [0.3, 0.4) is 0 Å². The number of amides is 2. The Kier molecular flexibility index (Phi) is 10.0. The Labute approximate surface area is 259 Å². The number of rotatable bonds is 12. The van der Waals surface area contributed by atoms with Crippen LogP contribution in [0.4, 0.5) is 4.39 Å². The fraction of sp³-hybridized carbons (Fsp3) is 0.412. The van der Waals surface area contributed by atoms with Gasteiger partial charge in [-0.1, -0.05) is 55.0 Å². The molecular weight excluding hydrogens is 581 g/mol. The molecule has 0 unspecified atom stereocenters. The molecule has 8 nitrogen and oxygen atoms in total. The first-order valence-corrected chi connectivity index (χ1v) is 17.0. The van der Waals surface area contributed by atoms with Crippen LogP contribution in [0, 0.1) is 11.7 Å². The summed E-state index contributed by atoms with van der Waals surface area (Å²) in [6.45, 7) is 1.07. The lowest BCUT2D eigenvalue weighted by Gasteiger charge is -2.35. The molecule has 1 saturated carbocycles. The molecule has 2 amide bonds. The van der Waals surface area contributed by atoms with Gasteiger partial charge in [0.05, 0.1) is 19.8 Å². The third-order valence-corrected chi connectivity index (χ3v) is 9.99. The summed E-state index contributed by atoms with van der Waals surface area (Å²) in [5.41, 5.74) is 4.05. The molecule has 1 aliphatic carbocycles. The summed E-state index contributed by atoms with van der Waals surface area (Å²) in [4.78, 5) is 28.4. The molecule has 1 heterocycles. The van der Waals surface area contributed by atoms with Crippen LogP contribution in [0.15, 0.2) is 72.8 Å². The highest BCUT2D eigenvalue weighted by Gasteiger charge is 2.38. The maximum atomic E-state index is 13.6. The van der Waals surface area contributed by atoms with Crippen LogP contribution in [-0.4, -0.2) is 75.0 Å². The highest BCUT2D eigenvalue weighted by atomic mass is 32.2. The van der Waals surface area contributed by atoms with Gasteiger partial charge in [-0.15, -0.1) is 0 Å². The number of ether oxygens (including phenoxy) is 1. The van der Waals surface area contributed by atoms with E-state index in [2.05, 4.69) is 5.32 Å². The van der Waals surface area contributed by atoms with Crippen LogP contribution < -0.4 is 10.1 Å². The van der Waals surface area contributed by atoms with Crippen molar-refractivity contribution in [3.8, 4) is 16.9 Å². The van der Waals surface area contributed by atoms with Gasteiger partial charge in [-0.2, -0.15) is 4.31 Å². The number of nitrogens with zero attached hydrogens (tertiary/aromatic N) is 2. The van der Waals surface area contributed by atoms with Gasteiger partial charge < -0.3 is 15.0 Å². The molecule has 2 aliphatic rings. The maximum absolute atomic E-state index is 13.6. The quantitative estimate of drug-likeness (QED) is 0.319. The van der Waals surface area contributed by atoms with Gasteiger partial charge in [-0.05, 0) is 77.6 Å². The fourth-order valence-electron chi connectivity index (χ4n) is 6.02. The summed E-state index contributed by atoms with van der Waals surface area (Å²) >= 11 is 0. The second-order valence-corrected chi connectivity index (χ2v) is 13.8. The monoisotopic (exact) mass is 621 g/mol. The number of hydrogen-bond donors (Lipinski definition) is 1. The van der Waals surface area contributed by atoms with Crippen molar-refractivity contribution in [3.05, 3.63) is 89.7 Å². The first-order chi connectivity index (χ1) is 21.1. The van der Waals surface area contributed by atoms with Gasteiger partial charge >= 0.3 is 0 Å². The maximum Gasteiger partial charge on any atom is 0.245 e. The Balaban J connectivity index is 1.19. The third-order valence-electron chi connectivity index (χ3n) is 8.68. The summed E-state index contributed by atoms with van der Waals surface area (Å²) in [7, 11) is -1.69. The van der Waals surface area contributed by atoms with Crippen molar-refractivity contribution in [3.63, 3.8) is 0 Å². The molecule has 3 aromatic rings. The minimum absolute atomic E-state index is 0.143. The second-order valence-electron chi connectivity index (χ2n) is 11.8. The molecule has 0 spiro atoms. The standard InChI is InChI=1S/C34H40FN3O5S/c1-43-30-16-12-26(13-17-30)25-8-6-24(7-9-25)22-33(39)36-32(34(40)37-18-20-38(21-19-37)44(2,41)42)5-3-4-28-23-31(28)27-10-14-29(35)15-11-27/h6-17,28,31-32H,3-5,18-23H2,1-2H3,(H,36,39)/t28-,31+,32+/m1/s1. The predicted molar refractivity (Wildman–Crippen MR) is 168 cm³/mol. The Hall–Kier alpha value is -3.76. The number of sulfonamides is 1. The molecular formula is C34H40FN3O5S. The summed E-state index contributed by atoms with van der Waals surface area (Å²) in [5, 5.41) is 2.99. The Morgan fingerprint density at radius 2 is 1.55 bits per heavy atom. The number of carbonyl (C=O) groups is 2. The van der Waals surface area contributed by atoms with Crippen LogP contribution >= 0.6 is 0 Å². The Bertz CT molecular complexity index is 1540. The Morgan fingerprint density at radius 1 is 0.932 bits per heavy atom. The van der Waals surface area contributed by atoms with E-state index in [0.717, 1.165) is 47.3 Å². The molecule has 1 saturated heterocycles. The van der Waals surface area contributed by atoms with Crippen molar-refractivity contribution in [1.29, 1.82) is 0 Å². The molecule has 2 fully saturated rings. The first kappa shape index (κ1) is 31.7. The number of carbonyl (C=O) groups excluding carboxylic acids is 2. The van der Waals surface area contributed by atoms with Gasteiger partial charge in [-0.3, -0.25) is 9.59 Å². The molecule has 1 N–H and O–H groups in total. The van der Waals surface area contributed by atoms with E-state index in [0.29, 0.717) is 31.3 Å². The predicted octanol–water partition coefficient (Wildman–Crippen LogP) is 4.61. The Morgan fingerprint density at radius 3 is 2.14 bits per heavy atom. The van der Waals surface area contributed by atoms with Crippen molar-refractivity contribution in [2.45, 2.75) is 44.1 Å². The van der Waals surface area contributed by atoms with Crippen molar-refractivity contribution in [1.82, 2.24) is 14.5 Å². The lowest BCUT2D eigenvalue weighted by atomic mass is 10.0. The SMILES string of the molecule is COc1ccc(-c2ccc(CC(=O)N[C@@H](CCC[C@@H]3C[C@H]3c3ccc(F)cc3)C(=O)N3CCN(S(C)(=O)=O)CC3)cc2)cc1. The van der Waals surface area contributed by atoms with E-state index >= 15 is 0 Å². The number of nitrogens with one attached hydrogen (secondary N) is 1. The highest BCUT2D eigenvalue weighted by Crippen LogP contribution is 2.50. The molecule has 0 radical (unpaired) electrons. The van der Waals surface area contributed by atoms with Crippen LogP contribution in [0.2, 0.25) is 0 Å². The first-order valence-electron chi connectivity index (χ1n) is 15.1. The fourth-order valence-corrected chi connectivity index (χ4v) is 6.84. The van der Waals surface area contributed by atoms with Crippen LogP contribution in [0.25, 0.3) is 11.1 Å². The average molecular weight is 622 g/mol. The molecule has 10 heteroatoms. The van der Waals surface area contributed by atoms with Gasteiger partial charge in [0, 0.05) is 26.2 Å². The minimum atomic E-state index is -3.32. The molecule has 5 rings (SSSR count). The summed E-state index contributed by atoms with van der Waals surface area (Å²) < 4.78 is 43.8. The largest absolute Gasteiger partial charge is 0.497 e. The summed E-state index contributed by atoms with van der Waals surface area (Å²) in [6.07, 6.45) is 4.53. The number of benzene rings is 3. The van der Waals surface area contributed by atoms with E-state index in [4.69, 9.17) is 4.74 Å². The van der Waals surface area contributed by atoms with E-state index in [1.165, 1.54) is 22.7 Å². The average Bonchev–Trinajstić information content (AvgIpc) is 3.80. The van der Waals surface area contributed by atoms with Crippen LogP contribution in [-0.2, 0) is 26.0 Å². The molecule has 3 aromatic carbocycles. The van der Waals surface area contributed by atoms with Gasteiger partial charge in [0.15, 0.2) is 0 Å². The molecule has 234 valence electrons. The van der Waals surface area contributed by atoms with Gasteiger partial charge in [0.25, 0.3) is 0 Å². The molecule has 1 aliphatic heterocycles. The number of piperazine rings is 1.